The molecule has 0 saturated carbocycles. The van der Waals surface area contributed by atoms with Crippen molar-refractivity contribution in [1.29, 1.82) is 0 Å². The van der Waals surface area contributed by atoms with Gasteiger partial charge in [0.05, 0.1) is 4.92 Å². The first-order valence-corrected chi connectivity index (χ1v) is 6.79. The van der Waals surface area contributed by atoms with Crippen molar-refractivity contribution in [2.24, 2.45) is 0 Å². The van der Waals surface area contributed by atoms with Gasteiger partial charge in [0.1, 0.15) is 5.69 Å². The summed E-state index contributed by atoms with van der Waals surface area (Å²) in [4.78, 5) is 14.9. The van der Waals surface area contributed by atoms with Crippen LogP contribution >= 0.6 is 15.9 Å². The van der Waals surface area contributed by atoms with Crippen LogP contribution in [0.4, 0.5) is 5.69 Å². The quantitative estimate of drug-likeness (QED) is 0.486. The summed E-state index contributed by atoms with van der Waals surface area (Å²) in [5.41, 5.74) is 2.35. The van der Waals surface area contributed by atoms with Crippen LogP contribution in [0.15, 0.2) is 42.6 Å². The molecule has 0 amide bonds. The molecule has 4 nitrogen and oxygen atoms in total. The Morgan fingerprint density at radius 3 is 2.63 bits per heavy atom. The SMILES string of the molecule is Cc1ccnc(CC(Br)c2ccccc2)c1[N+](=O)[O-]. The molecule has 2 aromatic rings. The Morgan fingerprint density at radius 1 is 1.32 bits per heavy atom. The molecule has 98 valence electrons. The van der Waals surface area contributed by atoms with Gasteiger partial charge >= 0.3 is 0 Å². The highest BCUT2D eigenvalue weighted by Crippen LogP contribution is 2.30. The zero-order valence-corrected chi connectivity index (χ0v) is 12.0. The van der Waals surface area contributed by atoms with Crippen LogP contribution in [0.25, 0.3) is 0 Å². The second kappa shape index (κ2) is 5.93. The first-order chi connectivity index (χ1) is 9.09. The van der Waals surface area contributed by atoms with Crippen molar-refractivity contribution in [3.05, 3.63) is 69.5 Å². The summed E-state index contributed by atoms with van der Waals surface area (Å²) < 4.78 is 0. The number of aryl methyl sites for hydroxylation is 1. The van der Waals surface area contributed by atoms with Crippen LogP contribution in [0.3, 0.4) is 0 Å². The normalized spacial score (nSPS) is 12.1. The predicted octanol–water partition coefficient (Wildman–Crippen LogP) is 3.98. The van der Waals surface area contributed by atoms with Crippen LogP contribution in [0, 0.1) is 17.0 Å². The number of alkyl halides is 1. The van der Waals surface area contributed by atoms with E-state index in [1.54, 1.807) is 19.2 Å². The lowest BCUT2D eigenvalue weighted by Gasteiger charge is -2.10. The van der Waals surface area contributed by atoms with Crippen molar-refractivity contribution in [1.82, 2.24) is 4.98 Å². The summed E-state index contributed by atoms with van der Waals surface area (Å²) in [6.45, 7) is 1.73. The molecule has 0 aliphatic rings. The van der Waals surface area contributed by atoms with Gasteiger partial charge in [-0.05, 0) is 18.6 Å². The second-order valence-electron chi connectivity index (χ2n) is 4.26. The van der Waals surface area contributed by atoms with Crippen LogP contribution in [-0.4, -0.2) is 9.91 Å². The molecule has 1 atom stereocenters. The van der Waals surface area contributed by atoms with Gasteiger partial charge < -0.3 is 0 Å². The molecule has 0 spiro atoms. The summed E-state index contributed by atoms with van der Waals surface area (Å²) in [6, 6.07) is 11.5. The lowest BCUT2D eigenvalue weighted by molar-refractivity contribution is -0.386. The molecular weight excluding hydrogens is 308 g/mol. The molecule has 0 bridgehead atoms. The molecule has 0 saturated heterocycles. The zero-order chi connectivity index (χ0) is 13.8. The molecular formula is C14H13BrN2O2. The monoisotopic (exact) mass is 320 g/mol. The summed E-state index contributed by atoms with van der Waals surface area (Å²) in [6.07, 6.45) is 2.10. The number of nitro groups is 1. The third kappa shape index (κ3) is 3.17. The van der Waals surface area contributed by atoms with E-state index < -0.39 is 0 Å². The van der Waals surface area contributed by atoms with E-state index in [-0.39, 0.29) is 15.4 Å². The third-order valence-corrected chi connectivity index (χ3v) is 3.77. The van der Waals surface area contributed by atoms with E-state index in [2.05, 4.69) is 20.9 Å². The van der Waals surface area contributed by atoms with Gasteiger partial charge in [0.25, 0.3) is 5.69 Å². The average Bonchev–Trinajstić information content (AvgIpc) is 2.39. The molecule has 1 heterocycles. The van der Waals surface area contributed by atoms with Crippen LogP contribution in [0.2, 0.25) is 0 Å². The van der Waals surface area contributed by atoms with Crippen molar-refractivity contribution in [3.63, 3.8) is 0 Å². The minimum Gasteiger partial charge on any atom is -0.258 e. The van der Waals surface area contributed by atoms with Gasteiger partial charge in [-0.2, -0.15) is 0 Å². The lowest BCUT2D eigenvalue weighted by Crippen LogP contribution is -2.04. The van der Waals surface area contributed by atoms with Crippen molar-refractivity contribution < 1.29 is 4.92 Å². The van der Waals surface area contributed by atoms with Crippen molar-refractivity contribution in [3.8, 4) is 0 Å². The fraction of sp³-hybridized carbons (Fsp3) is 0.214. The summed E-state index contributed by atoms with van der Waals surface area (Å²) in [7, 11) is 0. The van der Waals surface area contributed by atoms with Gasteiger partial charge in [-0.25, -0.2) is 0 Å². The number of pyridine rings is 1. The van der Waals surface area contributed by atoms with Gasteiger partial charge in [-0.3, -0.25) is 15.1 Å². The Kier molecular flexibility index (Phi) is 4.27. The Morgan fingerprint density at radius 2 is 2.00 bits per heavy atom. The second-order valence-corrected chi connectivity index (χ2v) is 5.37. The number of hydrogen-bond donors (Lipinski definition) is 0. The Hall–Kier alpha value is -1.75. The van der Waals surface area contributed by atoms with Gasteiger partial charge in [0.15, 0.2) is 0 Å². The molecule has 2 rings (SSSR count). The lowest BCUT2D eigenvalue weighted by atomic mass is 10.1. The summed E-state index contributed by atoms with van der Waals surface area (Å²) >= 11 is 3.57. The number of rotatable bonds is 4. The Bertz CT molecular complexity index is 587. The van der Waals surface area contributed by atoms with Crippen molar-refractivity contribution in [2.75, 3.05) is 0 Å². The topological polar surface area (TPSA) is 56.0 Å². The highest BCUT2D eigenvalue weighted by Gasteiger charge is 2.21. The molecule has 0 fully saturated rings. The van der Waals surface area contributed by atoms with E-state index in [4.69, 9.17) is 0 Å². The highest BCUT2D eigenvalue weighted by molar-refractivity contribution is 9.09. The van der Waals surface area contributed by atoms with Gasteiger partial charge in [0.2, 0.25) is 0 Å². The average molecular weight is 321 g/mol. The van der Waals surface area contributed by atoms with Crippen molar-refractivity contribution >= 4 is 21.6 Å². The number of aromatic nitrogens is 1. The number of nitrogens with zero attached hydrogens (tertiary/aromatic N) is 2. The Balaban J connectivity index is 2.29. The largest absolute Gasteiger partial charge is 0.293 e. The number of halogens is 1. The zero-order valence-electron chi connectivity index (χ0n) is 10.4. The maximum Gasteiger partial charge on any atom is 0.293 e. The van der Waals surface area contributed by atoms with E-state index in [9.17, 15) is 10.1 Å². The number of hydrogen-bond acceptors (Lipinski definition) is 3. The Labute approximate surface area is 119 Å². The minimum atomic E-state index is -0.359. The van der Waals surface area contributed by atoms with Crippen LogP contribution in [0.5, 0.6) is 0 Å². The van der Waals surface area contributed by atoms with Crippen molar-refractivity contribution in [2.45, 2.75) is 18.2 Å². The standard InChI is InChI=1S/C14H13BrN2O2/c1-10-7-8-16-13(14(10)17(18)19)9-12(15)11-5-3-2-4-6-11/h2-8,12H,9H2,1H3. The molecule has 1 aromatic heterocycles. The molecule has 5 heteroatoms. The molecule has 0 radical (unpaired) electrons. The molecule has 19 heavy (non-hydrogen) atoms. The van der Waals surface area contributed by atoms with E-state index in [1.165, 1.54) is 0 Å². The van der Waals surface area contributed by atoms with E-state index in [0.717, 1.165) is 5.56 Å². The predicted molar refractivity (Wildman–Crippen MR) is 77.4 cm³/mol. The van der Waals surface area contributed by atoms with E-state index in [0.29, 0.717) is 17.7 Å². The van der Waals surface area contributed by atoms with Crippen LogP contribution < -0.4 is 0 Å². The fourth-order valence-corrected chi connectivity index (χ4v) is 2.57. The van der Waals surface area contributed by atoms with Gasteiger partial charge in [-0.1, -0.05) is 46.3 Å². The molecule has 1 aromatic carbocycles. The highest BCUT2D eigenvalue weighted by atomic mass is 79.9. The van der Waals surface area contributed by atoms with E-state index >= 15 is 0 Å². The minimum absolute atomic E-state index is 0.0155. The molecule has 0 aliphatic heterocycles. The van der Waals surface area contributed by atoms with Gasteiger partial charge in [0, 0.05) is 23.0 Å². The van der Waals surface area contributed by atoms with Crippen LogP contribution in [0.1, 0.15) is 21.6 Å². The third-order valence-electron chi connectivity index (χ3n) is 2.92. The fourth-order valence-electron chi connectivity index (χ4n) is 1.95. The first kappa shape index (κ1) is 13.7. The summed E-state index contributed by atoms with van der Waals surface area (Å²) in [5, 5.41) is 11.1. The maximum atomic E-state index is 11.1. The smallest absolute Gasteiger partial charge is 0.258 e. The van der Waals surface area contributed by atoms with E-state index in [1.807, 2.05) is 30.3 Å². The van der Waals surface area contributed by atoms with Crippen LogP contribution in [-0.2, 0) is 6.42 Å². The molecule has 0 N–H and O–H groups in total. The maximum absolute atomic E-state index is 11.1. The molecule has 0 aliphatic carbocycles. The molecule has 1 unspecified atom stereocenters. The first-order valence-electron chi connectivity index (χ1n) is 5.87. The number of benzene rings is 1. The summed E-state index contributed by atoms with van der Waals surface area (Å²) in [5.74, 6) is 0. The van der Waals surface area contributed by atoms with Gasteiger partial charge in [-0.15, -0.1) is 0 Å².